The van der Waals surface area contributed by atoms with Crippen molar-refractivity contribution in [3.8, 4) is 0 Å². The standard InChI is InChI=1S/C27H30N4O6S/c1-4-25(27(33)28-3)29(18-21-11-9-8-10-20(21)2)26(32)19-30(22-14-16-23(17-15-22)31(34)35)38(36,37)24-12-6-5-7-13-24/h5-17,25H,4,18-19H2,1-3H3,(H,28,33)/t25-/m1/s1. The van der Waals surface area contributed by atoms with E-state index in [1.165, 1.54) is 48.3 Å². The second-order valence-corrected chi connectivity index (χ2v) is 10.4. The molecule has 0 aromatic heterocycles. The van der Waals surface area contributed by atoms with Crippen LogP contribution in [0.1, 0.15) is 24.5 Å². The summed E-state index contributed by atoms with van der Waals surface area (Å²) in [6, 6.07) is 19.1. The third-order valence-electron chi connectivity index (χ3n) is 6.19. The summed E-state index contributed by atoms with van der Waals surface area (Å²) in [6.45, 7) is 3.14. The van der Waals surface area contributed by atoms with Crippen LogP contribution in [0.2, 0.25) is 0 Å². The van der Waals surface area contributed by atoms with Crippen molar-refractivity contribution in [2.24, 2.45) is 0 Å². The van der Waals surface area contributed by atoms with Crippen molar-refractivity contribution >= 4 is 33.2 Å². The van der Waals surface area contributed by atoms with Crippen LogP contribution in [0.3, 0.4) is 0 Å². The number of non-ortho nitro benzene ring substituents is 1. The average molecular weight is 539 g/mol. The molecule has 0 spiro atoms. The summed E-state index contributed by atoms with van der Waals surface area (Å²) in [7, 11) is -2.76. The van der Waals surface area contributed by atoms with Crippen LogP contribution in [-0.4, -0.2) is 49.7 Å². The van der Waals surface area contributed by atoms with Gasteiger partial charge in [0.2, 0.25) is 11.8 Å². The number of anilines is 1. The summed E-state index contributed by atoms with van der Waals surface area (Å²) in [6.07, 6.45) is 0.306. The van der Waals surface area contributed by atoms with E-state index in [0.29, 0.717) is 6.42 Å². The second kappa shape index (κ2) is 12.3. The molecule has 3 rings (SSSR count). The zero-order valence-electron chi connectivity index (χ0n) is 21.4. The third kappa shape index (κ3) is 6.35. The van der Waals surface area contributed by atoms with E-state index in [0.717, 1.165) is 15.4 Å². The van der Waals surface area contributed by atoms with E-state index in [-0.39, 0.29) is 28.7 Å². The number of nitro groups is 1. The Morgan fingerprint density at radius 3 is 2.13 bits per heavy atom. The zero-order valence-corrected chi connectivity index (χ0v) is 22.2. The molecule has 0 bridgehead atoms. The number of likely N-dealkylation sites (N-methyl/N-ethyl adjacent to an activating group) is 1. The summed E-state index contributed by atoms with van der Waals surface area (Å²) >= 11 is 0. The monoisotopic (exact) mass is 538 g/mol. The highest BCUT2D eigenvalue weighted by atomic mass is 32.2. The average Bonchev–Trinajstić information content (AvgIpc) is 2.92. The topological polar surface area (TPSA) is 130 Å². The number of nitrogens with one attached hydrogen (secondary N) is 1. The summed E-state index contributed by atoms with van der Waals surface area (Å²) in [4.78, 5) is 38.5. The quantitative estimate of drug-likeness (QED) is 0.293. The molecule has 0 aliphatic heterocycles. The largest absolute Gasteiger partial charge is 0.357 e. The fourth-order valence-electron chi connectivity index (χ4n) is 4.05. The first-order valence-electron chi connectivity index (χ1n) is 12.0. The van der Waals surface area contributed by atoms with Gasteiger partial charge >= 0.3 is 0 Å². The van der Waals surface area contributed by atoms with Gasteiger partial charge in [-0.15, -0.1) is 0 Å². The first-order chi connectivity index (χ1) is 18.1. The number of amides is 2. The van der Waals surface area contributed by atoms with E-state index >= 15 is 0 Å². The van der Waals surface area contributed by atoms with Crippen molar-refractivity contribution in [3.63, 3.8) is 0 Å². The lowest BCUT2D eigenvalue weighted by Gasteiger charge is -2.33. The smallest absolute Gasteiger partial charge is 0.269 e. The molecule has 3 aromatic rings. The molecule has 0 unspecified atom stereocenters. The lowest BCUT2D eigenvalue weighted by atomic mass is 10.1. The Kier molecular flexibility index (Phi) is 9.19. The maximum Gasteiger partial charge on any atom is 0.269 e. The lowest BCUT2D eigenvalue weighted by molar-refractivity contribution is -0.384. The molecule has 200 valence electrons. The third-order valence-corrected chi connectivity index (χ3v) is 7.98. The number of carbonyl (C=O) groups is 2. The molecule has 10 nitrogen and oxygen atoms in total. The van der Waals surface area contributed by atoms with E-state index in [1.807, 2.05) is 31.2 Å². The molecule has 0 aliphatic rings. The van der Waals surface area contributed by atoms with E-state index in [4.69, 9.17) is 0 Å². The second-order valence-electron chi connectivity index (χ2n) is 8.58. The van der Waals surface area contributed by atoms with Crippen molar-refractivity contribution in [1.82, 2.24) is 10.2 Å². The Hall–Kier alpha value is -4.25. The molecule has 1 atom stereocenters. The van der Waals surface area contributed by atoms with Gasteiger partial charge in [0.1, 0.15) is 12.6 Å². The molecule has 2 amide bonds. The molecule has 0 radical (unpaired) electrons. The molecular formula is C27H30N4O6S. The van der Waals surface area contributed by atoms with Gasteiger partial charge in [-0.3, -0.25) is 24.0 Å². The Balaban J connectivity index is 2.08. The predicted octanol–water partition coefficient (Wildman–Crippen LogP) is 3.65. The molecular weight excluding hydrogens is 508 g/mol. The minimum Gasteiger partial charge on any atom is -0.357 e. The molecule has 0 heterocycles. The van der Waals surface area contributed by atoms with Crippen LogP contribution in [0.4, 0.5) is 11.4 Å². The normalized spacial score (nSPS) is 11.9. The molecule has 0 saturated heterocycles. The van der Waals surface area contributed by atoms with Gasteiger partial charge in [0.25, 0.3) is 15.7 Å². The lowest BCUT2D eigenvalue weighted by Crippen LogP contribution is -2.51. The van der Waals surface area contributed by atoms with E-state index in [2.05, 4.69) is 5.32 Å². The summed E-state index contributed by atoms with van der Waals surface area (Å²) in [5, 5.41) is 13.7. The first kappa shape index (κ1) is 28.3. The Morgan fingerprint density at radius 1 is 0.974 bits per heavy atom. The van der Waals surface area contributed by atoms with Gasteiger partial charge in [-0.2, -0.15) is 0 Å². The van der Waals surface area contributed by atoms with Gasteiger partial charge in [-0.1, -0.05) is 49.4 Å². The van der Waals surface area contributed by atoms with Crippen molar-refractivity contribution in [2.75, 3.05) is 17.9 Å². The van der Waals surface area contributed by atoms with Crippen molar-refractivity contribution in [1.29, 1.82) is 0 Å². The number of sulfonamides is 1. The Bertz CT molecular complexity index is 1390. The van der Waals surface area contributed by atoms with Gasteiger partial charge in [-0.05, 0) is 48.7 Å². The number of carbonyl (C=O) groups excluding carboxylic acids is 2. The fourth-order valence-corrected chi connectivity index (χ4v) is 5.48. The molecule has 1 N–H and O–H groups in total. The minimum absolute atomic E-state index is 0.0463. The highest BCUT2D eigenvalue weighted by Crippen LogP contribution is 2.27. The van der Waals surface area contributed by atoms with Gasteiger partial charge in [0, 0.05) is 25.7 Å². The number of benzene rings is 3. The van der Waals surface area contributed by atoms with Crippen molar-refractivity contribution in [2.45, 2.75) is 37.8 Å². The summed E-state index contributed by atoms with van der Waals surface area (Å²) in [5.41, 5.74) is 1.60. The number of hydrogen-bond acceptors (Lipinski definition) is 6. The van der Waals surface area contributed by atoms with Crippen LogP contribution >= 0.6 is 0 Å². The fraction of sp³-hybridized carbons (Fsp3) is 0.259. The number of nitrogens with zero attached hydrogens (tertiary/aromatic N) is 3. The van der Waals surface area contributed by atoms with Crippen LogP contribution in [0, 0.1) is 17.0 Å². The van der Waals surface area contributed by atoms with Crippen LogP contribution in [0.25, 0.3) is 0 Å². The van der Waals surface area contributed by atoms with Crippen LogP contribution in [-0.2, 0) is 26.2 Å². The van der Waals surface area contributed by atoms with E-state index < -0.39 is 33.4 Å². The van der Waals surface area contributed by atoms with Gasteiger partial charge in [0.15, 0.2) is 0 Å². The van der Waals surface area contributed by atoms with E-state index in [1.54, 1.807) is 25.1 Å². The zero-order chi connectivity index (χ0) is 27.9. The summed E-state index contributed by atoms with van der Waals surface area (Å²) in [5.74, 6) is -0.969. The first-order valence-corrected chi connectivity index (χ1v) is 13.4. The van der Waals surface area contributed by atoms with Gasteiger partial charge in [-0.25, -0.2) is 8.42 Å². The molecule has 0 saturated carbocycles. The Labute approximate surface area is 222 Å². The van der Waals surface area contributed by atoms with Crippen LogP contribution in [0.5, 0.6) is 0 Å². The molecule has 3 aromatic carbocycles. The molecule has 38 heavy (non-hydrogen) atoms. The SMILES string of the molecule is CC[C@H](C(=O)NC)N(Cc1ccccc1C)C(=O)CN(c1ccc([N+](=O)[O-])cc1)S(=O)(=O)c1ccccc1. The van der Waals surface area contributed by atoms with Crippen LogP contribution < -0.4 is 9.62 Å². The van der Waals surface area contributed by atoms with Gasteiger partial charge in [0.05, 0.1) is 15.5 Å². The molecule has 11 heteroatoms. The number of nitro benzene ring substituents is 1. The molecule has 0 aliphatic carbocycles. The van der Waals surface area contributed by atoms with Gasteiger partial charge < -0.3 is 10.2 Å². The van der Waals surface area contributed by atoms with Crippen molar-refractivity contribution in [3.05, 3.63) is 100 Å². The maximum atomic E-state index is 13.8. The number of rotatable bonds is 11. The van der Waals surface area contributed by atoms with Crippen molar-refractivity contribution < 1.29 is 22.9 Å². The highest BCUT2D eigenvalue weighted by Gasteiger charge is 2.33. The number of aryl methyl sites for hydroxylation is 1. The number of hydrogen-bond donors (Lipinski definition) is 1. The van der Waals surface area contributed by atoms with Crippen LogP contribution in [0.15, 0.2) is 83.8 Å². The predicted molar refractivity (Wildman–Crippen MR) is 144 cm³/mol. The molecule has 0 fully saturated rings. The Morgan fingerprint density at radius 2 is 1.58 bits per heavy atom. The summed E-state index contributed by atoms with van der Waals surface area (Å²) < 4.78 is 28.3. The van der Waals surface area contributed by atoms with E-state index in [9.17, 15) is 28.1 Å². The minimum atomic E-state index is -4.24. The highest BCUT2D eigenvalue weighted by molar-refractivity contribution is 7.92. The maximum absolute atomic E-state index is 13.8.